The molecule has 0 bridgehead atoms. The largest absolute Gasteiger partial charge is 0.339 e. The van der Waals surface area contributed by atoms with Gasteiger partial charge in [0, 0.05) is 25.2 Å². The lowest BCUT2D eigenvalue weighted by molar-refractivity contribution is 0.0737. The zero-order valence-electron chi connectivity index (χ0n) is 16.6. The molecule has 0 unspecified atom stereocenters. The maximum atomic E-state index is 13.6. The van der Waals surface area contributed by atoms with Crippen LogP contribution in [0.5, 0.6) is 0 Å². The Bertz CT molecular complexity index is 938. The average Bonchev–Trinajstić information content (AvgIpc) is 2.98. The standard InChI is InChI=1S/C24H26FN3O/c25-21-8-3-6-19(16-21)18-28-14-5-11-24(28)10-4-13-27(15-12-24)23(29)22-9-2-1-7-20(22)17-26/h1-3,6-9,16H,4-5,10-15,18H2/t24-/m1/s1. The molecule has 150 valence electrons. The highest BCUT2D eigenvalue weighted by molar-refractivity contribution is 5.96. The molecule has 2 aliphatic heterocycles. The summed E-state index contributed by atoms with van der Waals surface area (Å²) in [5.41, 5.74) is 2.02. The van der Waals surface area contributed by atoms with Crippen molar-refractivity contribution < 1.29 is 9.18 Å². The van der Waals surface area contributed by atoms with Crippen molar-refractivity contribution in [1.82, 2.24) is 9.80 Å². The van der Waals surface area contributed by atoms with Crippen LogP contribution in [0.4, 0.5) is 4.39 Å². The second-order valence-electron chi connectivity index (χ2n) is 8.18. The van der Waals surface area contributed by atoms with Crippen LogP contribution < -0.4 is 0 Å². The molecule has 2 aromatic carbocycles. The van der Waals surface area contributed by atoms with Gasteiger partial charge in [0.2, 0.25) is 0 Å². The topological polar surface area (TPSA) is 47.3 Å². The van der Waals surface area contributed by atoms with Crippen LogP contribution >= 0.6 is 0 Å². The summed E-state index contributed by atoms with van der Waals surface area (Å²) >= 11 is 0. The number of carbonyl (C=O) groups is 1. The van der Waals surface area contributed by atoms with Gasteiger partial charge in [-0.05, 0) is 68.5 Å². The number of carbonyl (C=O) groups excluding carboxylic acids is 1. The minimum Gasteiger partial charge on any atom is -0.339 e. The fourth-order valence-corrected chi connectivity index (χ4v) is 4.98. The van der Waals surface area contributed by atoms with E-state index in [9.17, 15) is 14.4 Å². The molecule has 2 aliphatic rings. The van der Waals surface area contributed by atoms with Gasteiger partial charge in [-0.3, -0.25) is 9.69 Å². The van der Waals surface area contributed by atoms with Crippen molar-refractivity contribution in [3.63, 3.8) is 0 Å². The highest BCUT2D eigenvalue weighted by atomic mass is 19.1. The molecular formula is C24H26FN3O. The summed E-state index contributed by atoms with van der Waals surface area (Å²) in [5.74, 6) is -0.238. The lowest BCUT2D eigenvalue weighted by atomic mass is 9.87. The van der Waals surface area contributed by atoms with Crippen molar-refractivity contribution in [3.05, 3.63) is 71.0 Å². The van der Waals surface area contributed by atoms with Crippen LogP contribution in [0, 0.1) is 17.1 Å². The lowest BCUT2D eigenvalue weighted by Crippen LogP contribution is -2.44. The maximum absolute atomic E-state index is 13.6. The Hall–Kier alpha value is -2.71. The van der Waals surface area contributed by atoms with Crippen LogP contribution in [0.1, 0.15) is 53.6 Å². The lowest BCUT2D eigenvalue weighted by Gasteiger charge is -2.38. The van der Waals surface area contributed by atoms with Crippen LogP contribution in [-0.4, -0.2) is 40.9 Å². The summed E-state index contributed by atoms with van der Waals surface area (Å²) in [6.45, 7) is 3.18. The number of likely N-dealkylation sites (tertiary alicyclic amines) is 2. The first-order chi connectivity index (χ1) is 14.1. The van der Waals surface area contributed by atoms with Gasteiger partial charge in [0.25, 0.3) is 5.91 Å². The first-order valence-corrected chi connectivity index (χ1v) is 10.4. The van der Waals surface area contributed by atoms with E-state index in [4.69, 9.17) is 0 Å². The highest BCUT2D eigenvalue weighted by Gasteiger charge is 2.42. The minimum atomic E-state index is -0.190. The van der Waals surface area contributed by atoms with E-state index in [2.05, 4.69) is 11.0 Å². The molecule has 0 saturated carbocycles. The van der Waals surface area contributed by atoms with Crippen molar-refractivity contribution in [2.24, 2.45) is 0 Å². The number of halogens is 1. The molecule has 2 aromatic rings. The Morgan fingerprint density at radius 2 is 1.83 bits per heavy atom. The quantitative estimate of drug-likeness (QED) is 0.781. The van der Waals surface area contributed by atoms with Crippen molar-refractivity contribution in [2.75, 3.05) is 19.6 Å². The van der Waals surface area contributed by atoms with Crippen molar-refractivity contribution in [3.8, 4) is 6.07 Å². The number of nitriles is 1. The van der Waals surface area contributed by atoms with Gasteiger partial charge in [0.15, 0.2) is 0 Å². The van der Waals surface area contributed by atoms with E-state index in [1.807, 2.05) is 17.0 Å². The molecule has 2 fully saturated rings. The summed E-state index contributed by atoms with van der Waals surface area (Å²) in [6, 6.07) is 16.0. The molecular weight excluding hydrogens is 365 g/mol. The minimum absolute atomic E-state index is 0.0473. The Balaban J connectivity index is 1.49. The molecule has 5 heteroatoms. The van der Waals surface area contributed by atoms with Crippen LogP contribution in [0.2, 0.25) is 0 Å². The number of rotatable bonds is 3. The zero-order valence-corrected chi connectivity index (χ0v) is 16.6. The fourth-order valence-electron chi connectivity index (χ4n) is 4.98. The maximum Gasteiger partial charge on any atom is 0.255 e. The summed E-state index contributed by atoms with van der Waals surface area (Å²) in [6.07, 6.45) is 5.18. The number of hydrogen-bond acceptors (Lipinski definition) is 3. The summed E-state index contributed by atoms with van der Waals surface area (Å²) in [4.78, 5) is 17.5. The molecule has 1 amide bonds. The smallest absolute Gasteiger partial charge is 0.255 e. The second kappa shape index (κ2) is 8.34. The molecule has 0 aromatic heterocycles. The monoisotopic (exact) mass is 391 g/mol. The van der Waals surface area contributed by atoms with E-state index in [-0.39, 0.29) is 17.3 Å². The van der Waals surface area contributed by atoms with Crippen molar-refractivity contribution in [1.29, 1.82) is 5.26 Å². The molecule has 4 nitrogen and oxygen atoms in total. The number of nitrogens with zero attached hydrogens (tertiary/aromatic N) is 3. The van der Waals surface area contributed by atoms with Gasteiger partial charge in [-0.15, -0.1) is 0 Å². The normalized spacial score (nSPS) is 22.4. The first kappa shape index (κ1) is 19.6. The predicted molar refractivity (Wildman–Crippen MR) is 110 cm³/mol. The Morgan fingerprint density at radius 1 is 1.03 bits per heavy atom. The molecule has 0 N–H and O–H groups in total. The van der Waals surface area contributed by atoms with Gasteiger partial charge in [-0.1, -0.05) is 24.3 Å². The van der Waals surface area contributed by atoms with Gasteiger partial charge < -0.3 is 4.90 Å². The molecule has 2 saturated heterocycles. The van der Waals surface area contributed by atoms with E-state index in [0.29, 0.717) is 24.2 Å². The van der Waals surface area contributed by atoms with E-state index in [1.165, 1.54) is 6.07 Å². The fraction of sp³-hybridized carbons (Fsp3) is 0.417. The molecule has 0 aliphatic carbocycles. The van der Waals surface area contributed by atoms with E-state index in [0.717, 1.165) is 50.8 Å². The first-order valence-electron chi connectivity index (χ1n) is 10.4. The van der Waals surface area contributed by atoms with Gasteiger partial charge in [0.1, 0.15) is 5.82 Å². The number of hydrogen-bond donors (Lipinski definition) is 0. The summed E-state index contributed by atoms with van der Waals surface area (Å²) < 4.78 is 13.6. The Kier molecular flexibility index (Phi) is 5.64. The second-order valence-corrected chi connectivity index (χ2v) is 8.18. The molecule has 0 radical (unpaired) electrons. The molecule has 4 rings (SSSR count). The molecule has 2 heterocycles. The van der Waals surface area contributed by atoms with Crippen LogP contribution in [-0.2, 0) is 6.54 Å². The van der Waals surface area contributed by atoms with Gasteiger partial charge in [0.05, 0.1) is 17.2 Å². The Labute approximate surface area is 171 Å². The van der Waals surface area contributed by atoms with Crippen LogP contribution in [0.3, 0.4) is 0 Å². The summed E-state index contributed by atoms with van der Waals surface area (Å²) in [5, 5.41) is 9.33. The van der Waals surface area contributed by atoms with Crippen LogP contribution in [0.15, 0.2) is 48.5 Å². The van der Waals surface area contributed by atoms with Gasteiger partial charge in [-0.25, -0.2) is 4.39 Å². The third-order valence-electron chi connectivity index (χ3n) is 6.49. The van der Waals surface area contributed by atoms with Crippen molar-refractivity contribution in [2.45, 2.75) is 44.2 Å². The van der Waals surface area contributed by atoms with E-state index < -0.39 is 0 Å². The van der Waals surface area contributed by atoms with Gasteiger partial charge in [-0.2, -0.15) is 5.26 Å². The molecule has 1 atom stereocenters. The van der Waals surface area contributed by atoms with E-state index >= 15 is 0 Å². The SMILES string of the molecule is N#Cc1ccccc1C(=O)N1CCC[C@@]2(CCCN2Cc2cccc(F)c2)CC1. The average molecular weight is 391 g/mol. The van der Waals surface area contributed by atoms with Gasteiger partial charge >= 0.3 is 0 Å². The molecule has 29 heavy (non-hydrogen) atoms. The van der Waals surface area contributed by atoms with E-state index in [1.54, 1.807) is 30.3 Å². The van der Waals surface area contributed by atoms with Crippen LogP contribution in [0.25, 0.3) is 0 Å². The third kappa shape index (κ3) is 4.04. The summed E-state index contributed by atoms with van der Waals surface area (Å²) in [7, 11) is 0. The predicted octanol–water partition coefficient (Wildman–Crippen LogP) is 4.36. The molecule has 1 spiro atoms. The van der Waals surface area contributed by atoms with Crippen molar-refractivity contribution >= 4 is 5.91 Å². The highest BCUT2D eigenvalue weighted by Crippen LogP contribution is 2.39. The Morgan fingerprint density at radius 3 is 2.62 bits per heavy atom. The third-order valence-corrected chi connectivity index (χ3v) is 6.49. The number of amides is 1. The zero-order chi connectivity index (χ0) is 20.3. The number of benzene rings is 2.